The summed E-state index contributed by atoms with van der Waals surface area (Å²) in [7, 11) is -2.94. The lowest BCUT2D eigenvalue weighted by Gasteiger charge is -2.18. The van der Waals surface area contributed by atoms with Gasteiger partial charge in [-0.25, -0.2) is 8.42 Å². The van der Waals surface area contributed by atoms with Crippen molar-refractivity contribution >= 4 is 9.84 Å². The lowest BCUT2D eigenvalue weighted by molar-refractivity contribution is 0.404. The molecule has 0 rings (SSSR count). The van der Waals surface area contributed by atoms with Crippen molar-refractivity contribution in [1.29, 1.82) is 0 Å². The van der Waals surface area contributed by atoms with Gasteiger partial charge in [0.1, 0.15) is 9.84 Å². The molecule has 5 heteroatoms. The van der Waals surface area contributed by atoms with Crippen molar-refractivity contribution in [2.45, 2.75) is 39.2 Å². The van der Waals surface area contributed by atoms with Crippen molar-refractivity contribution in [3.8, 4) is 0 Å². The lowest BCUT2D eigenvalue weighted by Crippen LogP contribution is -2.41. The Bertz CT molecular complexity index is 239. The Morgan fingerprint density at radius 1 is 1.43 bits per heavy atom. The van der Waals surface area contributed by atoms with E-state index in [4.69, 9.17) is 5.84 Å². The molecule has 14 heavy (non-hydrogen) atoms. The fraction of sp³-hybridized carbons (Fsp3) is 1.00. The molecule has 0 radical (unpaired) electrons. The Balaban J connectivity index is 4.03. The smallest absolute Gasteiger partial charge is 0.149 e. The second-order valence-corrected chi connectivity index (χ2v) is 6.27. The van der Waals surface area contributed by atoms with Gasteiger partial charge in [-0.3, -0.25) is 11.3 Å². The van der Waals surface area contributed by atoms with Crippen LogP contribution in [0.15, 0.2) is 0 Å². The van der Waals surface area contributed by atoms with Crippen LogP contribution in [0, 0.1) is 5.92 Å². The number of nitrogens with one attached hydrogen (secondary N) is 1. The van der Waals surface area contributed by atoms with E-state index in [1.165, 1.54) is 6.26 Å². The summed E-state index contributed by atoms with van der Waals surface area (Å²) < 4.78 is 22.1. The number of sulfone groups is 1. The molecule has 0 saturated heterocycles. The molecule has 2 atom stereocenters. The summed E-state index contributed by atoms with van der Waals surface area (Å²) in [6.07, 6.45) is 4.29. The van der Waals surface area contributed by atoms with Gasteiger partial charge in [-0.2, -0.15) is 0 Å². The van der Waals surface area contributed by atoms with Gasteiger partial charge >= 0.3 is 0 Å². The third-order valence-corrected chi connectivity index (χ3v) is 3.22. The van der Waals surface area contributed by atoms with E-state index in [9.17, 15) is 8.42 Å². The van der Waals surface area contributed by atoms with Gasteiger partial charge in [-0.1, -0.05) is 26.7 Å². The van der Waals surface area contributed by atoms with Crippen LogP contribution in [0.1, 0.15) is 33.1 Å². The summed E-state index contributed by atoms with van der Waals surface area (Å²) in [4.78, 5) is 0. The molecule has 0 aliphatic heterocycles. The summed E-state index contributed by atoms with van der Waals surface area (Å²) in [5, 5.41) is 0. The summed E-state index contributed by atoms with van der Waals surface area (Å²) in [6, 6.07) is -0.119. The Morgan fingerprint density at radius 2 is 2.00 bits per heavy atom. The van der Waals surface area contributed by atoms with Crippen molar-refractivity contribution < 1.29 is 8.42 Å². The van der Waals surface area contributed by atoms with Gasteiger partial charge in [0.25, 0.3) is 0 Å². The predicted octanol–water partition coefficient (Wildman–Crippen LogP) is 0.689. The second kappa shape index (κ2) is 6.37. The van der Waals surface area contributed by atoms with Gasteiger partial charge < -0.3 is 0 Å². The minimum Gasteiger partial charge on any atom is -0.271 e. The van der Waals surface area contributed by atoms with Crippen LogP contribution < -0.4 is 11.3 Å². The van der Waals surface area contributed by atoms with Gasteiger partial charge in [-0.05, 0) is 12.3 Å². The third kappa shape index (κ3) is 7.29. The Labute approximate surface area is 87.1 Å². The Hall–Kier alpha value is -0.130. The molecule has 0 aliphatic carbocycles. The number of hydrazine groups is 1. The van der Waals surface area contributed by atoms with Crippen molar-refractivity contribution in [3.63, 3.8) is 0 Å². The van der Waals surface area contributed by atoms with Crippen molar-refractivity contribution in [2.24, 2.45) is 11.8 Å². The van der Waals surface area contributed by atoms with Crippen LogP contribution in [-0.4, -0.2) is 26.5 Å². The molecule has 0 aliphatic rings. The van der Waals surface area contributed by atoms with E-state index in [0.29, 0.717) is 5.92 Å². The van der Waals surface area contributed by atoms with Crippen LogP contribution in [0.2, 0.25) is 0 Å². The summed E-state index contributed by atoms with van der Waals surface area (Å²) in [5.41, 5.74) is 2.57. The molecule has 0 bridgehead atoms. The first-order valence-electron chi connectivity index (χ1n) is 5.03. The zero-order valence-corrected chi connectivity index (χ0v) is 10.1. The molecule has 0 aromatic rings. The lowest BCUT2D eigenvalue weighted by atomic mass is 9.98. The number of hydrogen-bond donors (Lipinski definition) is 2. The molecule has 2 unspecified atom stereocenters. The average Bonchev–Trinajstić information content (AvgIpc) is 2.01. The molecule has 0 saturated carbocycles. The molecule has 4 nitrogen and oxygen atoms in total. The van der Waals surface area contributed by atoms with E-state index in [1.54, 1.807) is 0 Å². The zero-order chi connectivity index (χ0) is 11.2. The maximum Gasteiger partial charge on any atom is 0.149 e. The molecule has 0 fully saturated rings. The topological polar surface area (TPSA) is 72.2 Å². The van der Waals surface area contributed by atoms with Crippen LogP contribution in [0.4, 0.5) is 0 Å². The molecule has 0 aromatic carbocycles. The largest absolute Gasteiger partial charge is 0.271 e. The molecular formula is C9H22N2O2S. The highest BCUT2D eigenvalue weighted by Crippen LogP contribution is 2.13. The van der Waals surface area contributed by atoms with Crippen LogP contribution in [0.3, 0.4) is 0 Å². The van der Waals surface area contributed by atoms with Crippen molar-refractivity contribution in [3.05, 3.63) is 0 Å². The summed E-state index contributed by atoms with van der Waals surface area (Å²) in [6.45, 7) is 4.24. The number of rotatable bonds is 7. The van der Waals surface area contributed by atoms with Crippen LogP contribution in [0.25, 0.3) is 0 Å². The van der Waals surface area contributed by atoms with Crippen LogP contribution >= 0.6 is 0 Å². The van der Waals surface area contributed by atoms with Gasteiger partial charge in [0.2, 0.25) is 0 Å². The first-order valence-corrected chi connectivity index (χ1v) is 7.09. The molecule has 3 N–H and O–H groups in total. The standard InChI is InChI=1S/C9H22N2O2S/c1-4-5-8(2)6-9(11-10)7-14(3,12)13/h8-9,11H,4-7,10H2,1-3H3. The van der Waals surface area contributed by atoms with Gasteiger partial charge in [0.15, 0.2) is 0 Å². The minimum absolute atomic E-state index is 0.119. The van der Waals surface area contributed by atoms with Gasteiger partial charge in [0.05, 0.1) is 5.75 Å². The summed E-state index contributed by atoms with van der Waals surface area (Å²) >= 11 is 0. The molecule has 0 spiro atoms. The maximum atomic E-state index is 11.0. The van der Waals surface area contributed by atoms with Crippen LogP contribution in [0.5, 0.6) is 0 Å². The van der Waals surface area contributed by atoms with E-state index in [-0.39, 0.29) is 11.8 Å². The fourth-order valence-electron chi connectivity index (χ4n) is 1.65. The monoisotopic (exact) mass is 222 g/mol. The molecular weight excluding hydrogens is 200 g/mol. The van der Waals surface area contributed by atoms with Crippen LogP contribution in [-0.2, 0) is 9.84 Å². The van der Waals surface area contributed by atoms with Crippen molar-refractivity contribution in [2.75, 3.05) is 12.0 Å². The number of nitrogens with two attached hydrogens (primary N) is 1. The van der Waals surface area contributed by atoms with Crippen molar-refractivity contribution in [1.82, 2.24) is 5.43 Å². The zero-order valence-electron chi connectivity index (χ0n) is 9.29. The highest BCUT2D eigenvalue weighted by Gasteiger charge is 2.16. The quantitative estimate of drug-likeness (QED) is 0.491. The highest BCUT2D eigenvalue weighted by atomic mass is 32.2. The van der Waals surface area contributed by atoms with Gasteiger partial charge in [0, 0.05) is 12.3 Å². The Morgan fingerprint density at radius 3 is 2.36 bits per heavy atom. The fourth-order valence-corrected chi connectivity index (χ4v) is 2.61. The first kappa shape index (κ1) is 13.9. The van der Waals surface area contributed by atoms with E-state index < -0.39 is 9.84 Å². The SMILES string of the molecule is CCCC(C)CC(CS(C)(=O)=O)NN. The molecule has 0 aromatic heterocycles. The average molecular weight is 222 g/mol. The molecule has 0 heterocycles. The highest BCUT2D eigenvalue weighted by molar-refractivity contribution is 7.90. The van der Waals surface area contributed by atoms with Gasteiger partial charge in [-0.15, -0.1) is 0 Å². The second-order valence-electron chi connectivity index (χ2n) is 4.09. The van der Waals surface area contributed by atoms with E-state index in [2.05, 4.69) is 19.3 Å². The maximum absolute atomic E-state index is 11.0. The molecule has 0 amide bonds. The van der Waals surface area contributed by atoms with E-state index >= 15 is 0 Å². The Kier molecular flexibility index (Phi) is 6.31. The minimum atomic E-state index is -2.94. The first-order chi connectivity index (χ1) is 6.39. The number of hydrogen-bond acceptors (Lipinski definition) is 4. The summed E-state index contributed by atoms with van der Waals surface area (Å²) in [5.74, 6) is 5.95. The predicted molar refractivity (Wildman–Crippen MR) is 59.5 cm³/mol. The normalized spacial score (nSPS) is 16.6. The molecule has 86 valence electrons. The van der Waals surface area contributed by atoms with E-state index in [1.807, 2.05) is 0 Å². The van der Waals surface area contributed by atoms with E-state index in [0.717, 1.165) is 19.3 Å². The third-order valence-electron chi connectivity index (χ3n) is 2.21.